The van der Waals surface area contributed by atoms with Crippen molar-refractivity contribution in [3.63, 3.8) is 0 Å². The van der Waals surface area contributed by atoms with E-state index < -0.39 is 0 Å². The number of fused-ring (bicyclic) bond motifs is 1. The minimum absolute atomic E-state index is 0.359. The highest BCUT2D eigenvalue weighted by Gasteiger charge is 2.05. The van der Waals surface area contributed by atoms with Crippen LogP contribution < -0.4 is 5.73 Å². The summed E-state index contributed by atoms with van der Waals surface area (Å²) in [6.45, 7) is 0. The van der Waals surface area contributed by atoms with Gasteiger partial charge in [0.2, 0.25) is 0 Å². The lowest BCUT2D eigenvalue weighted by Crippen LogP contribution is -1.88. The van der Waals surface area contributed by atoms with Gasteiger partial charge in [-0.2, -0.15) is 0 Å². The second-order valence-corrected chi connectivity index (χ2v) is 3.72. The van der Waals surface area contributed by atoms with E-state index in [2.05, 4.69) is 9.97 Å². The normalized spacial score (nSPS) is 10.9. The number of rotatable bonds is 1. The van der Waals surface area contributed by atoms with E-state index in [0.29, 0.717) is 17.1 Å². The first-order valence-electron chi connectivity index (χ1n) is 5.08. The number of anilines is 1. The van der Waals surface area contributed by atoms with Crippen LogP contribution in [0, 0.1) is 5.82 Å². The van der Waals surface area contributed by atoms with Crippen LogP contribution in [-0.4, -0.2) is 14.4 Å². The molecule has 0 aliphatic heterocycles. The van der Waals surface area contributed by atoms with Crippen molar-refractivity contribution < 1.29 is 4.39 Å². The lowest BCUT2D eigenvalue weighted by atomic mass is 10.3. The van der Waals surface area contributed by atoms with Crippen LogP contribution in [0.25, 0.3) is 17.0 Å². The molecule has 0 amide bonds. The van der Waals surface area contributed by atoms with E-state index in [0.717, 1.165) is 5.65 Å². The molecule has 0 fully saturated rings. The van der Waals surface area contributed by atoms with E-state index in [1.165, 1.54) is 12.3 Å². The lowest BCUT2D eigenvalue weighted by molar-refractivity contribution is 0.622. The third-order valence-electron chi connectivity index (χ3n) is 2.46. The Morgan fingerprint density at radius 3 is 2.71 bits per heavy atom. The van der Waals surface area contributed by atoms with Crippen LogP contribution in [0.5, 0.6) is 0 Å². The minimum Gasteiger partial charge on any atom is -0.398 e. The number of hydrogen-bond acceptors (Lipinski definition) is 3. The molecule has 0 aliphatic carbocycles. The van der Waals surface area contributed by atoms with Gasteiger partial charge in [-0.1, -0.05) is 0 Å². The highest BCUT2D eigenvalue weighted by atomic mass is 19.1. The first-order valence-corrected chi connectivity index (χ1v) is 5.08. The van der Waals surface area contributed by atoms with Gasteiger partial charge in [-0.05, 0) is 24.3 Å². The summed E-state index contributed by atoms with van der Waals surface area (Å²) < 4.78 is 14.6. The lowest BCUT2D eigenvalue weighted by Gasteiger charge is -1.93. The maximum atomic E-state index is 12.8. The SMILES string of the molecule is Nc1ccc2nc(-c3ccc(F)cn3)cn2c1. The molecule has 3 aromatic heterocycles. The number of nitrogens with zero attached hydrogens (tertiary/aromatic N) is 3. The zero-order chi connectivity index (χ0) is 11.8. The second kappa shape index (κ2) is 3.55. The average Bonchev–Trinajstić information content (AvgIpc) is 2.72. The molecule has 5 heteroatoms. The Bertz CT molecular complexity index is 673. The van der Waals surface area contributed by atoms with Crippen molar-refractivity contribution in [2.24, 2.45) is 0 Å². The molecule has 3 rings (SSSR count). The van der Waals surface area contributed by atoms with E-state index in [1.54, 1.807) is 18.3 Å². The third kappa shape index (κ3) is 1.71. The molecule has 3 heterocycles. The number of nitrogens with two attached hydrogens (primary N) is 1. The van der Waals surface area contributed by atoms with Gasteiger partial charge in [0.15, 0.2) is 0 Å². The summed E-state index contributed by atoms with van der Waals surface area (Å²) in [5.74, 6) is -0.359. The molecule has 4 nitrogen and oxygen atoms in total. The Hall–Kier alpha value is -2.43. The van der Waals surface area contributed by atoms with Gasteiger partial charge in [-0.3, -0.25) is 4.98 Å². The van der Waals surface area contributed by atoms with Crippen molar-refractivity contribution in [3.05, 3.63) is 48.7 Å². The van der Waals surface area contributed by atoms with Crippen LogP contribution in [0.4, 0.5) is 10.1 Å². The van der Waals surface area contributed by atoms with Crippen molar-refractivity contribution >= 4 is 11.3 Å². The molecule has 0 bridgehead atoms. The molecule has 0 saturated heterocycles. The fraction of sp³-hybridized carbons (Fsp3) is 0. The second-order valence-electron chi connectivity index (χ2n) is 3.72. The zero-order valence-electron chi connectivity index (χ0n) is 8.84. The number of nitrogen functional groups attached to an aromatic ring is 1. The van der Waals surface area contributed by atoms with Crippen molar-refractivity contribution in [1.29, 1.82) is 0 Å². The number of hydrogen-bond donors (Lipinski definition) is 1. The van der Waals surface area contributed by atoms with E-state index in [-0.39, 0.29) is 5.82 Å². The summed E-state index contributed by atoms with van der Waals surface area (Å²) in [6.07, 6.45) is 4.76. The summed E-state index contributed by atoms with van der Waals surface area (Å²) >= 11 is 0. The molecule has 0 unspecified atom stereocenters. The van der Waals surface area contributed by atoms with Gasteiger partial charge < -0.3 is 10.1 Å². The predicted octanol–water partition coefficient (Wildman–Crippen LogP) is 2.12. The number of halogens is 1. The Labute approximate surface area is 96.6 Å². The van der Waals surface area contributed by atoms with Crippen LogP contribution >= 0.6 is 0 Å². The smallest absolute Gasteiger partial charge is 0.141 e. The monoisotopic (exact) mass is 228 g/mol. The molecular formula is C12H9FN4. The Morgan fingerprint density at radius 1 is 1.06 bits per heavy atom. The van der Waals surface area contributed by atoms with Gasteiger partial charge in [0.25, 0.3) is 0 Å². The highest BCUT2D eigenvalue weighted by molar-refractivity contribution is 5.60. The molecule has 0 spiro atoms. The number of imidazole rings is 1. The van der Waals surface area contributed by atoms with Crippen molar-refractivity contribution in [1.82, 2.24) is 14.4 Å². The van der Waals surface area contributed by atoms with Gasteiger partial charge in [0, 0.05) is 18.1 Å². The Balaban J connectivity index is 2.14. The summed E-state index contributed by atoms with van der Waals surface area (Å²) in [5.41, 5.74) is 8.44. The van der Waals surface area contributed by atoms with Crippen molar-refractivity contribution in [2.75, 3.05) is 5.73 Å². The first-order chi connectivity index (χ1) is 8.22. The third-order valence-corrected chi connectivity index (χ3v) is 2.46. The fourth-order valence-electron chi connectivity index (χ4n) is 1.66. The minimum atomic E-state index is -0.359. The maximum absolute atomic E-state index is 12.8. The molecule has 84 valence electrons. The molecule has 0 saturated carbocycles. The average molecular weight is 228 g/mol. The summed E-state index contributed by atoms with van der Waals surface area (Å²) in [4.78, 5) is 8.36. The Morgan fingerprint density at radius 2 is 1.94 bits per heavy atom. The first kappa shape index (κ1) is 9.77. The van der Waals surface area contributed by atoms with Gasteiger partial charge in [-0.25, -0.2) is 9.37 Å². The molecule has 0 radical (unpaired) electrons. The molecule has 0 aromatic carbocycles. The van der Waals surface area contributed by atoms with Crippen molar-refractivity contribution in [3.8, 4) is 11.4 Å². The van der Waals surface area contributed by atoms with Crippen molar-refractivity contribution in [2.45, 2.75) is 0 Å². The highest BCUT2D eigenvalue weighted by Crippen LogP contribution is 2.17. The van der Waals surface area contributed by atoms with Gasteiger partial charge >= 0.3 is 0 Å². The van der Waals surface area contributed by atoms with Crippen LogP contribution in [0.15, 0.2) is 42.9 Å². The van der Waals surface area contributed by atoms with Crippen LogP contribution in [0.3, 0.4) is 0 Å². The summed E-state index contributed by atoms with van der Waals surface area (Å²) in [5, 5.41) is 0. The van der Waals surface area contributed by atoms with Crippen LogP contribution in [0.2, 0.25) is 0 Å². The molecule has 0 aliphatic rings. The molecular weight excluding hydrogens is 219 g/mol. The van der Waals surface area contributed by atoms with Crippen LogP contribution in [0.1, 0.15) is 0 Å². The van der Waals surface area contributed by atoms with Gasteiger partial charge in [-0.15, -0.1) is 0 Å². The largest absolute Gasteiger partial charge is 0.398 e. The summed E-state index contributed by atoms with van der Waals surface area (Å²) in [7, 11) is 0. The van der Waals surface area contributed by atoms with E-state index in [4.69, 9.17) is 5.73 Å². The number of aromatic nitrogens is 3. The van der Waals surface area contributed by atoms with E-state index >= 15 is 0 Å². The van der Waals surface area contributed by atoms with Gasteiger partial charge in [0.1, 0.15) is 17.2 Å². The standard InChI is InChI=1S/C12H9FN4/c13-8-1-3-10(15-5-8)11-7-17-6-9(14)2-4-12(17)16-11/h1-7H,14H2. The van der Waals surface area contributed by atoms with Gasteiger partial charge in [0.05, 0.1) is 11.9 Å². The number of pyridine rings is 2. The molecule has 0 atom stereocenters. The topological polar surface area (TPSA) is 56.2 Å². The van der Waals surface area contributed by atoms with E-state index in [1.807, 2.05) is 16.7 Å². The predicted molar refractivity (Wildman–Crippen MR) is 62.8 cm³/mol. The fourth-order valence-corrected chi connectivity index (χ4v) is 1.66. The Kier molecular flexibility index (Phi) is 2.04. The zero-order valence-corrected chi connectivity index (χ0v) is 8.84. The molecule has 2 N–H and O–H groups in total. The maximum Gasteiger partial charge on any atom is 0.141 e. The molecule has 17 heavy (non-hydrogen) atoms. The summed E-state index contributed by atoms with van der Waals surface area (Å²) in [6, 6.07) is 6.56. The quantitative estimate of drug-likeness (QED) is 0.694. The van der Waals surface area contributed by atoms with Crippen LogP contribution in [-0.2, 0) is 0 Å². The van der Waals surface area contributed by atoms with E-state index in [9.17, 15) is 4.39 Å². The molecule has 3 aromatic rings.